The molecule has 5 nitrogen and oxygen atoms in total. The monoisotopic (exact) mass is 270 g/mol. The van der Waals surface area contributed by atoms with Gasteiger partial charge in [0.15, 0.2) is 0 Å². The van der Waals surface area contributed by atoms with E-state index in [-0.39, 0.29) is 18.5 Å². The first-order chi connectivity index (χ1) is 9.02. The molecule has 0 bridgehead atoms. The molecule has 19 heavy (non-hydrogen) atoms. The van der Waals surface area contributed by atoms with Crippen molar-refractivity contribution >= 4 is 12.0 Å². The molecule has 5 heteroatoms. The number of carboxylic acid groups (broad SMARTS) is 1. The van der Waals surface area contributed by atoms with Crippen LogP contribution in [-0.4, -0.2) is 52.6 Å². The zero-order valence-electron chi connectivity index (χ0n) is 12.1. The lowest BCUT2D eigenvalue weighted by Crippen LogP contribution is -2.48. The van der Waals surface area contributed by atoms with E-state index < -0.39 is 5.97 Å². The van der Waals surface area contributed by atoms with Gasteiger partial charge in [-0.25, -0.2) is 4.79 Å². The molecule has 0 saturated carbocycles. The minimum absolute atomic E-state index is 0.00171. The van der Waals surface area contributed by atoms with Crippen molar-refractivity contribution in [3.8, 4) is 0 Å². The molecule has 1 aliphatic rings. The average molecular weight is 270 g/mol. The first kappa shape index (κ1) is 15.8. The van der Waals surface area contributed by atoms with Crippen LogP contribution in [0.3, 0.4) is 0 Å². The smallest absolute Gasteiger partial charge is 0.320 e. The number of rotatable bonds is 4. The fourth-order valence-corrected chi connectivity index (χ4v) is 2.41. The Morgan fingerprint density at radius 3 is 2.11 bits per heavy atom. The van der Waals surface area contributed by atoms with E-state index >= 15 is 0 Å². The van der Waals surface area contributed by atoms with Crippen molar-refractivity contribution in [3.05, 3.63) is 0 Å². The average Bonchev–Trinajstić information content (AvgIpc) is 2.27. The van der Waals surface area contributed by atoms with E-state index in [0.717, 1.165) is 25.9 Å². The molecule has 110 valence electrons. The van der Waals surface area contributed by atoms with Gasteiger partial charge in [-0.1, -0.05) is 19.3 Å². The highest BCUT2D eigenvalue weighted by Crippen LogP contribution is 2.13. The summed E-state index contributed by atoms with van der Waals surface area (Å²) in [4.78, 5) is 26.7. The molecule has 1 fully saturated rings. The van der Waals surface area contributed by atoms with Crippen molar-refractivity contribution in [3.63, 3.8) is 0 Å². The van der Waals surface area contributed by atoms with Gasteiger partial charge in [-0.3, -0.25) is 4.79 Å². The second-order valence-corrected chi connectivity index (χ2v) is 5.47. The molecule has 2 amide bonds. The Kier molecular flexibility index (Phi) is 6.67. The van der Waals surface area contributed by atoms with Crippen LogP contribution in [0.1, 0.15) is 52.4 Å². The number of amides is 2. The number of aliphatic carboxylic acids is 1. The van der Waals surface area contributed by atoms with Crippen LogP contribution < -0.4 is 0 Å². The zero-order chi connectivity index (χ0) is 14.3. The fourth-order valence-electron chi connectivity index (χ4n) is 2.41. The van der Waals surface area contributed by atoms with Gasteiger partial charge in [0, 0.05) is 25.7 Å². The van der Waals surface area contributed by atoms with Crippen LogP contribution in [0, 0.1) is 0 Å². The standard InChI is InChI=1S/C14H26N2O3/c1-12(2)16(11-8-13(17)18)14(19)15-9-6-4-3-5-7-10-15/h12H,3-11H2,1-2H3,(H,17,18). The van der Waals surface area contributed by atoms with E-state index in [1.807, 2.05) is 18.7 Å². The largest absolute Gasteiger partial charge is 0.481 e. The molecule has 0 spiro atoms. The summed E-state index contributed by atoms with van der Waals surface area (Å²) in [5.74, 6) is -0.855. The minimum Gasteiger partial charge on any atom is -0.481 e. The van der Waals surface area contributed by atoms with Crippen LogP contribution in [0.5, 0.6) is 0 Å². The van der Waals surface area contributed by atoms with Crippen LogP contribution in [-0.2, 0) is 4.79 Å². The number of carbonyl (C=O) groups is 2. The Hall–Kier alpha value is -1.26. The highest BCUT2D eigenvalue weighted by molar-refractivity contribution is 5.75. The number of nitrogens with zero attached hydrogens (tertiary/aromatic N) is 2. The number of carbonyl (C=O) groups excluding carboxylic acids is 1. The lowest BCUT2D eigenvalue weighted by atomic mass is 10.1. The van der Waals surface area contributed by atoms with E-state index in [1.165, 1.54) is 19.3 Å². The molecule has 1 saturated heterocycles. The van der Waals surface area contributed by atoms with Gasteiger partial charge in [0.1, 0.15) is 0 Å². The molecule has 1 heterocycles. The summed E-state index contributed by atoms with van der Waals surface area (Å²) in [5.41, 5.74) is 0. The van der Waals surface area contributed by atoms with E-state index in [0.29, 0.717) is 6.54 Å². The third kappa shape index (κ3) is 5.49. The Bertz CT molecular complexity index is 297. The molecule has 0 atom stereocenters. The topological polar surface area (TPSA) is 60.9 Å². The van der Waals surface area contributed by atoms with Crippen LogP contribution in [0.25, 0.3) is 0 Å². The van der Waals surface area contributed by atoms with Gasteiger partial charge in [-0.05, 0) is 26.7 Å². The Morgan fingerprint density at radius 2 is 1.63 bits per heavy atom. The van der Waals surface area contributed by atoms with Crippen LogP contribution in [0.15, 0.2) is 0 Å². The molecule has 0 aromatic rings. The summed E-state index contributed by atoms with van der Waals surface area (Å²) in [6, 6.07) is 0.0374. The van der Waals surface area contributed by atoms with Crippen LogP contribution in [0.2, 0.25) is 0 Å². The Labute approximate surface area is 115 Å². The SMILES string of the molecule is CC(C)N(CCC(=O)O)C(=O)N1CCCCCCC1. The van der Waals surface area contributed by atoms with Gasteiger partial charge in [-0.2, -0.15) is 0 Å². The van der Waals surface area contributed by atoms with Gasteiger partial charge < -0.3 is 14.9 Å². The lowest BCUT2D eigenvalue weighted by Gasteiger charge is -2.34. The molecule has 0 aliphatic carbocycles. The quantitative estimate of drug-likeness (QED) is 0.854. The van der Waals surface area contributed by atoms with Crippen molar-refractivity contribution in [2.45, 2.75) is 58.4 Å². The maximum atomic E-state index is 12.5. The number of hydrogen-bond donors (Lipinski definition) is 1. The van der Waals surface area contributed by atoms with Crippen molar-refractivity contribution in [2.24, 2.45) is 0 Å². The number of carboxylic acids is 1. The lowest BCUT2D eigenvalue weighted by molar-refractivity contribution is -0.137. The second-order valence-electron chi connectivity index (χ2n) is 5.47. The highest BCUT2D eigenvalue weighted by Gasteiger charge is 2.23. The second kappa shape index (κ2) is 8.02. The van der Waals surface area contributed by atoms with Crippen molar-refractivity contribution in [1.82, 2.24) is 9.80 Å². The maximum Gasteiger partial charge on any atom is 0.320 e. The van der Waals surface area contributed by atoms with E-state index in [9.17, 15) is 9.59 Å². The summed E-state index contributed by atoms with van der Waals surface area (Å²) >= 11 is 0. The minimum atomic E-state index is -0.855. The Morgan fingerprint density at radius 1 is 1.11 bits per heavy atom. The first-order valence-corrected chi connectivity index (χ1v) is 7.29. The third-order valence-electron chi connectivity index (χ3n) is 3.56. The van der Waals surface area contributed by atoms with E-state index in [2.05, 4.69) is 0 Å². The van der Waals surface area contributed by atoms with Gasteiger partial charge in [0.2, 0.25) is 0 Å². The predicted molar refractivity (Wildman–Crippen MR) is 74.1 cm³/mol. The normalized spacial score (nSPS) is 16.9. The predicted octanol–water partition coefficient (Wildman–Crippen LogP) is 2.56. The molecule has 0 aromatic carbocycles. The molecule has 0 radical (unpaired) electrons. The van der Waals surface area contributed by atoms with Gasteiger partial charge in [-0.15, -0.1) is 0 Å². The molecule has 1 rings (SSSR count). The van der Waals surface area contributed by atoms with Gasteiger partial charge in [0.25, 0.3) is 0 Å². The summed E-state index contributed by atoms with van der Waals surface area (Å²) < 4.78 is 0. The summed E-state index contributed by atoms with van der Waals surface area (Å²) in [5, 5.41) is 8.77. The molecule has 0 aromatic heterocycles. The van der Waals surface area contributed by atoms with Crippen molar-refractivity contribution < 1.29 is 14.7 Å². The maximum absolute atomic E-state index is 12.5. The summed E-state index contributed by atoms with van der Waals surface area (Å²) in [6.45, 7) is 5.76. The van der Waals surface area contributed by atoms with Gasteiger partial charge >= 0.3 is 12.0 Å². The van der Waals surface area contributed by atoms with E-state index in [4.69, 9.17) is 5.11 Å². The first-order valence-electron chi connectivity index (χ1n) is 7.29. The van der Waals surface area contributed by atoms with E-state index in [1.54, 1.807) is 4.90 Å². The van der Waals surface area contributed by atoms with Crippen LogP contribution >= 0.6 is 0 Å². The molecule has 1 N–H and O–H groups in total. The number of urea groups is 1. The summed E-state index contributed by atoms with van der Waals surface area (Å²) in [6.07, 6.45) is 5.74. The number of hydrogen-bond acceptors (Lipinski definition) is 2. The van der Waals surface area contributed by atoms with Crippen molar-refractivity contribution in [1.29, 1.82) is 0 Å². The Balaban J connectivity index is 2.59. The fraction of sp³-hybridized carbons (Fsp3) is 0.857. The van der Waals surface area contributed by atoms with Crippen LogP contribution in [0.4, 0.5) is 4.79 Å². The zero-order valence-corrected chi connectivity index (χ0v) is 12.1. The molecular weight excluding hydrogens is 244 g/mol. The van der Waals surface area contributed by atoms with Crippen molar-refractivity contribution in [2.75, 3.05) is 19.6 Å². The molecule has 1 aliphatic heterocycles. The molecule has 0 unspecified atom stereocenters. The highest BCUT2D eigenvalue weighted by atomic mass is 16.4. The number of likely N-dealkylation sites (tertiary alicyclic amines) is 1. The molecular formula is C14H26N2O3. The summed E-state index contributed by atoms with van der Waals surface area (Å²) in [7, 11) is 0. The van der Waals surface area contributed by atoms with Gasteiger partial charge in [0.05, 0.1) is 6.42 Å². The third-order valence-corrected chi connectivity index (χ3v) is 3.56.